The van der Waals surface area contributed by atoms with E-state index in [0.29, 0.717) is 27.3 Å². The number of nitrogens with two attached hydrogens (primary N) is 8. The van der Waals surface area contributed by atoms with E-state index in [1.165, 1.54) is 19.4 Å². The summed E-state index contributed by atoms with van der Waals surface area (Å²) in [7, 11) is 2.86. The van der Waals surface area contributed by atoms with Gasteiger partial charge in [0, 0.05) is 87.1 Å². The normalized spacial score (nSPS) is 24.6. The van der Waals surface area contributed by atoms with Crippen molar-refractivity contribution >= 4 is 191 Å². The molecule has 57 nitrogen and oxygen atoms in total. The minimum absolute atomic E-state index is 0.0327. The molecule has 4 rings (SSSR count). The number of aromatic amines is 1. The molecule has 0 spiro atoms. The molecule has 1 aromatic heterocycles. The van der Waals surface area contributed by atoms with Gasteiger partial charge in [0.05, 0.1) is 24.9 Å². The lowest BCUT2D eigenvalue weighted by atomic mass is 10.0. The fraction of sp³-hybridized carbons (Fsp3) is 0.654. The molecule has 3 aliphatic rings. The number of carboxylic acids is 2. The number of H-pyrrole nitrogens is 1. The summed E-state index contributed by atoms with van der Waals surface area (Å²) in [5.74, 6) is -30.1. The summed E-state index contributed by atoms with van der Waals surface area (Å²) in [4.78, 5) is 329. The number of amides is 21. The van der Waals surface area contributed by atoms with E-state index in [1.807, 2.05) is 0 Å². The minimum atomic E-state index is -2.01. The predicted molar refractivity (Wildman–Crippen MR) is 515 cm³/mol. The zero-order valence-electron chi connectivity index (χ0n) is 79.5. The molecule has 0 radical (unpaired) electrons. The van der Waals surface area contributed by atoms with Crippen molar-refractivity contribution < 1.29 is 126 Å². The first-order valence-corrected chi connectivity index (χ1v) is 50.2. The third-order valence-electron chi connectivity index (χ3n) is 21.2. The van der Waals surface area contributed by atoms with E-state index >= 15 is 19.2 Å². The summed E-state index contributed by atoms with van der Waals surface area (Å²) in [5.41, 5.74) is 46.2. The SMILES string of the molecule is CC(=O)O.CC(C)C[C@@H]1NC(=O)[C@H](C)NC(=O)[C@H]([C@@H](C)O)NC(=O)[C@H](CCC(=O)O)NC(=O)[C@@H]2CCCN2C(=O)[C@H](C)NC(=O)[C@H](CCCCN)NC(=O)[C@@H]2CSSC[C@@H](C(=O)N[C@@H](CCC(N)=O)C(=O)N[C@@H](CCC(N)=O)C(=O)N[C@@H](Cc3cnc[nH]3)C(N)=O)NC(=O)[C@H](CCCNC(=N)N)NC(=O)[C@H](CCCNC(=N)N)NC(=O)[C@H](C)NC(=O)[C@H](CSSC[C@H](N)C(=O)N[C@@H](CC(N)=O)C(=O)N2)NC1=O. The number of aliphatic hydroxyl groups is 1. The first-order valence-electron chi connectivity index (χ1n) is 45.2. The maximum Gasteiger partial charge on any atom is 0.303 e. The molecule has 3 saturated heterocycles. The fourth-order valence-electron chi connectivity index (χ4n) is 13.7. The molecule has 0 aliphatic carbocycles. The third-order valence-corrected chi connectivity index (χ3v) is 26.1. The van der Waals surface area contributed by atoms with Gasteiger partial charge in [-0.3, -0.25) is 121 Å². The average molecular weight is 2090 g/mol. The molecule has 40 N–H and O–H groups in total. The second-order valence-electron chi connectivity index (χ2n) is 33.8. The smallest absolute Gasteiger partial charge is 0.303 e. The standard InChI is InChI=1S/C79H131N31O24S4.C2H4O2/c1-35(2)26-49-70(127)107-51-31-136-135-30-41(81)63(120)105-50(28-57(84)114)71(128)108-53(73(130)99-42(12-7-8-22-80)64(121)96-38(5)77(134)110-25-11-15-54(110)75(132)102-47(18-21-58(115)116)69(126)109-59(39(6)111)76(133)95-37(4)62(119)104-49)33-138-137-32-52(106-66(123)44(14-10-24-92-79(88)89)98-65(122)43(13-9-23-91-78(86)87)97-61(118)36(3)94-72(51)129)74(131)101-45(16-19-55(82)112)67(124)100-46(17-20-56(83)113)68(125)103-48(60(85)117)27-40-29-90-34-93-40;1-2(3)4/h29,34-39,41-54,59,111H,7-28,30-33,80-81H2,1-6H3,(H2,82,112)(H2,83,113)(H2,84,114)(H2,85,117)(H,90,93)(H,94,129)(H,95,133)(H,96,121)(H,97,118)(H,98,122)(H,99,130)(H,100,124)(H,101,131)(H,102,132)(H,103,125)(H,104,119)(H,105,120)(H,106,123)(H,107,127)(H,108,128)(H,109,126)(H,115,116)(H4,86,87,91)(H4,88,89,92);1H3,(H,3,4)/t36-,37-,38-,39+,41-,42-,43-,44-,45-,46-,47-,48-,49-,50-,51-,52-,53-,54-,59-;/m0./s1. The van der Waals surface area contributed by atoms with E-state index in [9.17, 15) is 96.5 Å². The first kappa shape index (κ1) is 123. The lowest BCUT2D eigenvalue weighted by molar-refractivity contribution is -0.142. The predicted octanol–water partition coefficient (Wildman–Crippen LogP) is -12.2. The second-order valence-corrected chi connectivity index (χ2v) is 38.9. The zero-order valence-corrected chi connectivity index (χ0v) is 82.7. The van der Waals surface area contributed by atoms with Gasteiger partial charge in [0.15, 0.2) is 11.9 Å². The fourth-order valence-corrected chi connectivity index (χ4v) is 18.3. The number of aliphatic hydroxyl groups excluding tert-OH is 1. The highest BCUT2D eigenvalue weighted by Gasteiger charge is 2.43. The topological polar surface area (TPSA) is 958 Å². The van der Waals surface area contributed by atoms with Gasteiger partial charge in [-0.05, 0) is 124 Å². The van der Waals surface area contributed by atoms with Crippen LogP contribution in [0.3, 0.4) is 0 Å². The van der Waals surface area contributed by atoms with Crippen LogP contribution in [0.1, 0.15) is 163 Å². The number of carbonyl (C=O) groups is 23. The number of fused-ring (bicyclic) bond motifs is 12. The van der Waals surface area contributed by atoms with Crippen LogP contribution in [-0.2, 0) is 117 Å². The minimum Gasteiger partial charge on any atom is -0.481 e. The Morgan fingerprint density at radius 3 is 1.43 bits per heavy atom. The van der Waals surface area contributed by atoms with Gasteiger partial charge >= 0.3 is 5.97 Å². The zero-order chi connectivity index (χ0) is 107. The highest BCUT2D eigenvalue weighted by molar-refractivity contribution is 8.77. The lowest BCUT2D eigenvalue weighted by Crippen LogP contribution is -2.61. The Kier molecular flexibility index (Phi) is 55.1. The van der Waals surface area contributed by atoms with Crippen molar-refractivity contribution in [2.45, 2.75) is 279 Å². The highest BCUT2D eigenvalue weighted by atomic mass is 33.1. The molecule has 794 valence electrons. The maximum absolute atomic E-state index is 15.4. The third kappa shape index (κ3) is 46.5. The summed E-state index contributed by atoms with van der Waals surface area (Å²) < 4.78 is 0. The molecule has 0 saturated carbocycles. The van der Waals surface area contributed by atoms with Gasteiger partial charge in [-0.2, -0.15) is 0 Å². The number of hydrogen-bond donors (Lipinski definition) is 32. The van der Waals surface area contributed by atoms with Gasteiger partial charge in [0.1, 0.15) is 103 Å². The molecule has 61 heteroatoms. The molecular weight excluding hydrogens is 1950 g/mol. The number of primary amides is 4. The van der Waals surface area contributed by atoms with Gasteiger partial charge in [0.2, 0.25) is 124 Å². The Labute approximate surface area is 831 Å². The van der Waals surface area contributed by atoms with Crippen LogP contribution in [0.4, 0.5) is 0 Å². The highest BCUT2D eigenvalue weighted by Crippen LogP contribution is 2.27. The molecule has 19 atom stereocenters. The van der Waals surface area contributed by atoms with E-state index in [1.54, 1.807) is 13.8 Å². The number of aliphatic carboxylic acids is 2. The van der Waals surface area contributed by atoms with Crippen molar-refractivity contribution in [2.75, 3.05) is 49.2 Å². The number of guanidine groups is 2. The summed E-state index contributed by atoms with van der Waals surface area (Å²) in [6, 6.07) is -31.5. The van der Waals surface area contributed by atoms with Crippen LogP contribution in [0.2, 0.25) is 0 Å². The largest absolute Gasteiger partial charge is 0.481 e. The molecule has 3 fully saturated rings. The van der Waals surface area contributed by atoms with Gasteiger partial charge in [-0.1, -0.05) is 57.0 Å². The number of aromatic nitrogens is 2. The maximum atomic E-state index is 15.4. The van der Waals surface area contributed by atoms with E-state index in [2.05, 4.69) is 106 Å². The van der Waals surface area contributed by atoms with Gasteiger partial charge in [-0.25, -0.2) is 4.98 Å². The van der Waals surface area contributed by atoms with Crippen molar-refractivity contribution in [3.05, 3.63) is 18.2 Å². The number of rotatable bonds is 35. The quantitative estimate of drug-likeness (QED) is 0.0130. The van der Waals surface area contributed by atoms with Crippen LogP contribution in [0.25, 0.3) is 0 Å². The number of unbranched alkanes of at least 4 members (excludes halogenated alkanes) is 1. The lowest BCUT2D eigenvalue weighted by Gasteiger charge is -2.30. The molecule has 142 heavy (non-hydrogen) atoms. The Morgan fingerprint density at radius 2 is 0.930 bits per heavy atom. The van der Waals surface area contributed by atoms with Gasteiger partial charge in [-0.15, -0.1) is 0 Å². The van der Waals surface area contributed by atoms with Crippen LogP contribution >= 0.6 is 43.2 Å². The first-order chi connectivity index (χ1) is 66.7. The number of carbonyl (C=O) groups excluding carboxylic acids is 21. The molecule has 1 aromatic rings. The molecule has 0 aromatic carbocycles. The van der Waals surface area contributed by atoms with Crippen molar-refractivity contribution in [1.29, 1.82) is 10.8 Å². The van der Waals surface area contributed by atoms with Crippen molar-refractivity contribution in [1.82, 2.24) is 111 Å². The summed E-state index contributed by atoms with van der Waals surface area (Å²) in [6.07, 6.45) is -5.57. The van der Waals surface area contributed by atoms with Crippen LogP contribution in [0.15, 0.2) is 12.5 Å². The second kappa shape index (κ2) is 63.6. The van der Waals surface area contributed by atoms with E-state index < -0.39 is 343 Å². The molecule has 0 unspecified atom stereocenters. The van der Waals surface area contributed by atoms with Crippen LogP contribution < -0.4 is 142 Å². The number of hydrogen-bond acceptors (Lipinski definition) is 33. The number of nitrogens with zero attached hydrogens (tertiary/aromatic N) is 2. The van der Waals surface area contributed by atoms with E-state index in [0.717, 1.165) is 54.2 Å². The molecule has 2 bridgehead atoms. The van der Waals surface area contributed by atoms with Crippen molar-refractivity contribution in [3.8, 4) is 0 Å². The van der Waals surface area contributed by atoms with Crippen LogP contribution in [0.5, 0.6) is 0 Å². The summed E-state index contributed by atoms with van der Waals surface area (Å²) >= 11 is 0. The number of imidazole rings is 1. The average Bonchev–Trinajstić information content (AvgIpc) is 1.66. The molecular formula is C81H135N31O26S4. The molecule has 21 amide bonds. The summed E-state index contributed by atoms with van der Waals surface area (Å²) in [5, 5.41) is 88.1. The molecule has 4 heterocycles. The summed E-state index contributed by atoms with van der Waals surface area (Å²) in [6.45, 7) is 8.56. The van der Waals surface area contributed by atoms with E-state index in [4.69, 9.17) is 66.6 Å². The Balaban J connectivity index is 0.0000127. The van der Waals surface area contributed by atoms with Gasteiger partial charge in [0.25, 0.3) is 5.97 Å². The Morgan fingerprint density at radius 1 is 0.493 bits per heavy atom. The molecule has 3 aliphatic heterocycles. The van der Waals surface area contributed by atoms with Crippen molar-refractivity contribution in [2.24, 2.45) is 51.8 Å². The van der Waals surface area contributed by atoms with Gasteiger partial charge < -0.3 is 167 Å². The van der Waals surface area contributed by atoms with Crippen LogP contribution in [0, 0.1) is 16.7 Å². The monoisotopic (exact) mass is 2090 g/mol. The Bertz CT molecular complexity index is 4580. The number of nitrogens with one attached hydrogen (secondary N) is 21. The Hall–Kier alpha value is -13.2. The van der Waals surface area contributed by atoms with Crippen molar-refractivity contribution in [3.63, 3.8) is 0 Å². The van der Waals surface area contributed by atoms with E-state index in [-0.39, 0.29) is 90.4 Å². The number of carboxylic acid groups (broad SMARTS) is 2. The van der Waals surface area contributed by atoms with Crippen LogP contribution in [-0.4, -0.2) is 342 Å².